The fraction of sp³-hybridized carbons (Fsp3) is 0.455. The van der Waals surface area contributed by atoms with Crippen LogP contribution in [-0.4, -0.2) is 32.0 Å². The molecule has 0 aliphatic carbocycles. The second kappa shape index (κ2) is 3.98. The van der Waals surface area contributed by atoms with Gasteiger partial charge in [0.05, 0.1) is 20.3 Å². The van der Waals surface area contributed by atoms with Crippen molar-refractivity contribution >= 4 is 5.69 Å². The first kappa shape index (κ1) is 10.1. The summed E-state index contributed by atoms with van der Waals surface area (Å²) in [5, 5.41) is 12.7. The van der Waals surface area contributed by atoms with Gasteiger partial charge in [-0.05, 0) is 11.6 Å². The zero-order chi connectivity index (χ0) is 10.8. The van der Waals surface area contributed by atoms with Crippen molar-refractivity contribution in [2.45, 2.75) is 12.5 Å². The Balaban J connectivity index is 2.41. The molecule has 4 nitrogen and oxygen atoms in total. The third-order valence-electron chi connectivity index (χ3n) is 2.59. The predicted molar refractivity (Wildman–Crippen MR) is 57.7 cm³/mol. The zero-order valence-corrected chi connectivity index (χ0v) is 8.91. The number of hydrogen-bond acceptors (Lipinski definition) is 4. The molecule has 0 spiro atoms. The maximum atomic E-state index is 9.51. The Hall–Kier alpha value is -1.42. The molecule has 82 valence electrons. The zero-order valence-electron chi connectivity index (χ0n) is 8.91. The van der Waals surface area contributed by atoms with Crippen LogP contribution in [0.15, 0.2) is 12.1 Å². The molecule has 2 rings (SSSR count). The van der Waals surface area contributed by atoms with Gasteiger partial charge in [-0.3, -0.25) is 0 Å². The Morgan fingerprint density at radius 2 is 1.93 bits per heavy atom. The first-order chi connectivity index (χ1) is 7.24. The molecule has 0 bridgehead atoms. The van der Waals surface area contributed by atoms with E-state index in [0.717, 1.165) is 11.3 Å². The van der Waals surface area contributed by atoms with Crippen LogP contribution in [-0.2, 0) is 6.42 Å². The highest BCUT2D eigenvalue weighted by atomic mass is 16.5. The standard InChI is InChI=1S/C11H15NO3/c1-14-10-4-7-3-8(13)6-12-9(7)5-11(10)15-2/h4-5,8,12-13H,3,6H2,1-2H3/t8-/m1/s1. The summed E-state index contributed by atoms with van der Waals surface area (Å²) in [5.41, 5.74) is 2.07. The van der Waals surface area contributed by atoms with E-state index < -0.39 is 0 Å². The van der Waals surface area contributed by atoms with Crippen molar-refractivity contribution in [3.05, 3.63) is 17.7 Å². The normalized spacial score (nSPS) is 19.0. The van der Waals surface area contributed by atoms with Crippen molar-refractivity contribution in [2.75, 3.05) is 26.1 Å². The number of anilines is 1. The summed E-state index contributed by atoms with van der Waals surface area (Å²) in [6, 6.07) is 3.81. The number of ether oxygens (including phenoxy) is 2. The smallest absolute Gasteiger partial charge is 0.162 e. The lowest BCUT2D eigenvalue weighted by Gasteiger charge is -2.23. The molecule has 1 aromatic rings. The van der Waals surface area contributed by atoms with Crippen molar-refractivity contribution in [3.8, 4) is 11.5 Å². The minimum atomic E-state index is -0.324. The molecule has 15 heavy (non-hydrogen) atoms. The van der Waals surface area contributed by atoms with E-state index in [2.05, 4.69) is 5.32 Å². The van der Waals surface area contributed by atoms with Crippen LogP contribution in [0.1, 0.15) is 5.56 Å². The quantitative estimate of drug-likeness (QED) is 0.764. The number of methoxy groups -OCH3 is 2. The molecule has 0 unspecified atom stereocenters. The number of aliphatic hydroxyl groups excluding tert-OH is 1. The van der Waals surface area contributed by atoms with Gasteiger partial charge in [0.2, 0.25) is 0 Å². The lowest BCUT2D eigenvalue weighted by molar-refractivity contribution is 0.184. The third kappa shape index (κ3) is 1.85. The minimum Gasteiger partial charge on any atom is -0.493 e. The number of benzene rings is 1. The second-order valence-corrected chi connectivity index (χ2v) is 3.60. The number of β-amino-alcohol motifs (C(OH)–C–C–N with tert-alkyl or cyclic N) is 1. The molecule has 4 heteroatoms. The van der Waals surface area contributed by atoms with Crippen LogP contribution in [0.25, 0.3) is 0 Å². The average molecular weight is 209 g/mol. The van der Waals surface area contributed by atoms with Gasteiger partial charge in [-0.1, -0.05) is 0 Å². The predicted octanol–water partition coefficient (Wildman–Crippen LogP) is 1.03. The molecule has 2 N–H and O–H groups in total. The number of rotatable bonds is 2. The second-order valence-electron chi connectivity index (χ2n) is 3.60. The monoisotopic (exact) mass is 209 g/mol. The molecule has 1 aromatic carbocycles. The molecule has 0 fully saturated rings. The van der Waals surface area contributed by atoms with Crippen LogP contribution < -0.4 is 14.8 Å². The first-order valence-corrected chi connectivity index (χ1v) is 4.91. The van der Waals surface area contributed by atoms with Crippen LogP contribution in [0.5, 0.6) is 11.5 Å². The third-order valence-corrected chi connectivity index (χ3v) is 2.59. The van der Waals surface area contributed by atoms with E-state index in [9.17, 15) is 5.11 Å². The highest BCUT2D eigenvalue weighted by molar-refractivity contribution is 5.62. The maximum Gasteiger partial charge on any atom is 0.162 e. The summed E-state index contributed by atoms with van der Waals surface area (Å²) in [5.74, 6) is 1.41. The number of aliphatic hydroxyl groups is 1. The SMILES string of the molecule is COc1cc2c(cc1OC)NC[C@H](O)C2. The van der Waals surface area contributed by atoms with Gasteiger partial charge in [0, 0.05) is 24.7 Å². The summed E-state index contributed by atoms with van der Waals surface area (Å²) in [6.07, 6.45) is 0.332. The molecular formula is C11H15NO3. The molecule has 1 aliphatic heterocycles. The van der Waals surface area contributed by atoms with E-state index >= 15 is 0 Å². The topological polar surface area (TPSA) is 50.7 Å². The minimum absolute atomic E-state index is 0.324. The summed E-state index contributed by atoms with van der Waals surface area (Å²) in [6.45, 7) is 0.586. The van der Waals surface area contributed by atoms with Crippen molar-refractivity contribution in [3.63, 3.8) is 0 Å². The van der Waals surface area contributed by atoms with Gasteiger partial charge in [0.25, 0.3) is 0 Å². The number of nitrogens with one attached hydrogen (secondary N) is 1. The lowest BCUT2D eigenvalue weighted by Crippen LogP contribution is -2.27. The van der Waals surface area contributed by atoms with Crippen LogP contribution in [0.4, 0.5) is 5.69 Å². The van der Waals surface area contributed by atoms with Crippen LogP contribution in [0.3, 0.4) is 0 Å². The molecule has 1 heterocycles. The summed E-state index contributed by atoms with van der Waals surface area (Å²) >= 11 is 0. The average Bonchev–Trinajstić information content (AvgIpc) is 2.27. The van der Waals surface area contributed by atoms with Gasteiger partial charge in [-0.2, -0.15) is 0 Å². The summed E-state index contributed by atoms with van der Waals surface area (Å²) in [7, 11) is 3.22. The Labute approximate surface area is 88.8 Å². The molecular weight excluding hydrogens is 194 g/mol. The Morgan fingerprint density at radius 1 is 1.27 bits per heavy atom. The summed E-state index contributed by atoms with van der Waals surface area (Å²) < 4.78 is 10.4. The molecule has 0 saturated heterocycles. The van der Waals surface area contributed by atoms with E-state index in [1.165, 1.54) is 0 Å². The van der Waals surface area contributed by atoms with Gasteiger partial charge >= 0.3 is 0 Å². The highest BCUT2D eigenvalue weighted by Gasteiger charge is 2.18. The van der Waals surface area contributed by atoms with Crippen molar-refractivity contribution in [1.29, 1.82) is 0 Å². The molecule has 0 saturated carbocycles. The molecule has 0 aromatic heterocycles. The van der Waals surface area contributed by atoms with Crippen molar-refractivity contribution < 1.29 is 14.6 Å². The van der Waals surface area contributed by atoms with E-state index in [-0.39, 0.29) is 6.10 Å². The molecule has 1 aliphatic rings. The Morgan fingerprint density at radius 3 is 2.60 bits per heavy atom. The highest BCUT2D eigenvalue weighted by Crippen LogP contribution is 2.35. The molecule has 0 radical (unpaired) electrons. The van der Waals surface area contributed by atoms with Gasteiger partial charge in [0.15, 0.2) is 11.5 Å². The Bertz CT molecular complexity index is 365. The molecule has 0 amide bonds. The van der Waals surface area contributed by atoms with Crippen molar-refractivity contribution in [1.82, 2.24) is 0 Å². The van der Waals surface area contributed by atoms with Gasteiger partial charge in [0.1, 0.15) is 0 Å². The summed E-state index contributed by atoms with van der Waals surface area (Å²) in [4.78, 5) is 0. The van der Waals surface area contributed by atoms with Gasteiger partial charge in [-0.15, -0.1) is 0 Å². The van der Waals surface area contributed by atoms with Crippen molar-refractivity contribution in [2.24, 2.45) is 0 Å². The first-order valence-electron chi connectivity index (χ1n) is 4.91. The maximum absolute atomic E-state index is 9.51. The number of fused-ring (bicyclic) bond motifs is 1. The van der Waals surface area contributed by atoms with Crippen LogP contribution in [0, 0.1) is 0 Å². The largest absolute Gasteiger partial charge is 0.493 e. The fourth-order valence-electron chi connectivity index (χ4n) is 1.81. The van der Waals surface area contributed by atoms with E-state index in [1.807, 2.05) is 12.1 Å². The van der Waals surface area contributed by atoms with E-state index in [4.69, 9.17) is 9.47 Å². The number of hydrogen-bond donors (Lipinski definition) is 2. The van der Waals surface area contributed by atoms with Crippen LogP contribution >= 0.6 is 0 Å². The fourth-order valence-corrected chi connectivity index (χ4v) is 1.81. The molecule has 1 atom stereocenters. The van der Waals surface area contributed by atoms with Crippen LogP contribution in [0.2, 0.25) is 0 Å². The Kier molecular flexibility index (Phi) is 2.68. The van der Waals surface area contributed by atoms with Gasteiger partial charge < -0.3 is 19.9 Å². The van der Waals surface area contributed by atoms with E-state index in [0.29, 0.717) is 24.5 Å². The van der Waals surface area contributed by atoms with Gasteiger partial charge in [-0.25, -0.2) is 0 Å². The van der Waals surface area contributed by atoms with E-state index in [1.54, 1.807) is 14.2 Å². The lowest BCUT2D eigenvalue weighted by atomic mass is 10.0.